The first-order valence-corrected chi connectivity index (χ1v) is 6.00. The van der Waals surface area contributed by atoms with E-state index >= 15 is 0 Å². The summed E-state index contributed by atoms with van der Waals surface area (Å²) in [5, 5.41) is 20.5. The van der Waals surface area contributed by atoms with Gasteiger partial charge in [-0.1, -0.05) is 6.07 Å². The van der Waals surface area contributed by atoms with Crippen molar-refractivity contribution in [3.8, 4) is 5.75 Å². The Bertz CT molecular complexity index is 426. The van der Waals surface area contributed by atoms with E-state index in [1.807, 2.05) is 21.1 Å². The van der Waals surface area contributed by atoms with Crippen molar-refractivity contribution in [1.82, 2.24) is 0 Å². The number of aliphatic carboxylic acids is 1. The Labute approximate surface area is 109 Å². The molecule has 4 nitrogen and oxygen atoms in total. The molecule has 0 aliphatic rings. The summed E-state index contributed by atoms with van der Waals surface area (Å²) in [6, 6.07) is 4.36. The minimum atomic E-state index is -1.07. The highest BCUT2D eigenvalue weighted by molar-refractivity contribution is 9.10. The largest absolute Gasteiger partial charge is 0.544 e. The maximum atomic E-state index is 11.1. The number of aromatic hydroxyl groups is 1. The molecule has 1 aromatic carbocycles. The van der Waals surface area contributed by atoms with Crippen LogP contribution in [0.2, 0.25) is 0 Å². The van der Waals surface area contributed by atoms with Crippen LogP contribution in [0.25, 0.3) is 0 Å². The lowest BCUT2D eigenvalue weighted by Gasteiger charge is -2.34. The first-order valence-electron chi connectivity index (χ1n) is 5.21. The van der Waals surface area contributed by atoms with Crippen molar-refractivity contribution >= 4 is 21.9 Å². The topological polar surface area (TPSA) is 60.4 Å². The van der Waals surface area contributed by atoms with Gasteiger partial charge in [0.15, 0.2) is 0 Å². The number of phenolic OH excluding ortho intramolecular Hbond substituents is 1. The first-order chi connectivity index (χ1) is 7.71. The number of nitrogens with zero attached hydrogens (tertiary/aromatic N) is 1. The van der Waals surface area contributed by atoms with Gasteiger partial charge in [-0.25, -0.2) is 0 Å². The number of likely N-dealkylation sites (N-methyl/N-ethyl adjacent to an activating group) is 1. The smallest absolute Gasteiger partial charge is 0.133 e. The molecule has 0 heterocycles. The van der Waals surface area contributed by atoms with Crippen LogP contribution in [-0.2, 0) is 11.2 Å². The maximum Gasteiger partial charge on any atom is 0.133 e. The number of quaternary nitrogens is 1. The van der Waals surface area contributed by atoms with E-state index in [1.165, 1.54) is 0 Å². The molecule has 5 heteroatoms. The number of rotatable bonds is 4. The van der Waals surface area contributed by atoms with Gasteiger partial charge in [-0.15, -0.1) is 0 Å². The minimum Gasteiger partial charge on any atom is -0.544 e. The predicted octanol–water partition coefficient (Wildman–Crippen LogP) is 0.522. The SMILES string of the molecule is C[N+](C)(C)[C@@H](Cc1ccc(O)c(Br)c1)C(=O)[O-]. The van der Waals surface area contributed by atoms with Gasteiger partial charge in [-0.05, 0) is 33.6 Å². The van der Waals surface area contributed by atoms with Crippen LogP contribution in [0.1, 0.15) is 5.56 Å². The molecule has 1 N–H and O–H groups in total. The summed E-state index contributed by atoms with van der Waals surface area (Å²) < 4.78 is 0.856. The monoisotopic (exact) mass is 301 g/mol. The Morgan fingerprint density at radius 2 is 2.06 bits per heavy atom. The van der Waals surface area contributed by atoms with Crippen LogP contribution in [0.5, 0.6) is 5.75 Å². The summed E-state index contributed by atoms with van der Waals surface area (Å²) in [6.07, 6.45) is 0.366. The highest BCUT2D eigenvalue weighted by Crippen LogP contribution is 2.25. The van der Waals surface area contributed by atoms with Gasteiger partial charge in [0.2, 0.25) is 0 Å². The van der Waals surface area contributed by atoms with Crippen molar-refractivity contribution in [1.29, 1.82) is 0 Å². The molecule has 0 saturated carbocycles. The van der Waals surface area contributed by atoms with Crippen molar-refractivity contribution < 1.29 is 19.5 Å². The van der Waals surface area contributed by atoms with Crippen molar-refractivity contribution in [2.45, 2.75) is 12.5 Å². The number of carbonyl (C=O) groups excluding carboxylic acids is 1. The third-order valence-corrected chi connectivity index (χ3v) is 3.28. The summed E-state index contributed by atoms with van der Waals surface area (Å²) in [5.41, 5.74) is 0.844. The number of carboxylic acid groups (broad SMARTS) is 1. The Hall–Kier alpha value is -1.07. The summed E-state index contributed by atoms with van der Waals surface area (Å²) in [5.74, 6) is -0.925. The zero-order chi connectivity index (χ0) is 13.2. The second kappa shape index (κ2) is 5.06. The molecule has 0 radical (unpaired) electrons. The van der Waals surface area contributed by atoms with Crippen LogP contribution in [0.15, 0.2) is 22.7 Å². The van der Waals surface area contributed by atoms with Gasteiger partial charge in [0.05, 0.1) is 31.6 Å². The Morgan fingerprint density at radius 1 is 1.47 bits per heavy atom. The third-order valence-electron chi connectivity index (χ3n) is 2.65. The van der Waals surface area contributed by atoms with Gasteiger partial charge in [-0.2, -0.15) is 0 Å². The zero-order valence-electron chi connectivity index (χ0n) is 10.1. The van der Waals surface area contributed by atoms with Crippen LogP contribution in [0.3, 0.4) is 0 Å². The lowest BCUT2D eigenvalue weighted by atomic mass is 10.0. The predicted molar refractivity (Wildman–Crippen MR) is 66.3 cm³/mol. The molecular formula is C12H16BrNO3. The zero-order valence-corrected chi connectivity index (χ0v) is 11.7. The number of hydrogen-bond donors (Lipinski definition) is 1. The normalized spacial score (nSPS) is 13.4. The van der Waals surface area contributed by atoms with Crippen molar-refractivity contribution in [3.63, 3.8) is 0 Å². The second-order valence-electron chi connectivity index (χ2n) is 4.94. The molecular weight excluding hydrogens is 286 g/mol. The molecule has 17 heavy (non-hydrogen) atoms. The molecule has 1 aromatic rings. The molecule has 0 fully saturated rings. The Balaban J connectivity index is 2.95. The lowest BCUT2D eigenvalue weighted by Crippen LogP contribution is -2.55. The van der Waals surface area contributed by atoms with Gasteiger partial charge < -0.3 is 19.5 Å². The summed E-state index contributed by atoms with van der Waals surface area (Å²) in [6.45, 7) is 0. The van der Waals surface area contributed by atoms with E-state index in [4.69, 9.17) is 0 Å². The lowest BCUT2D eigenvalue weighted by molar-refractivity contribution is -0.889. The quantitative estimate of drug-likeness (QED) is 0.825. The standard InChI is InChI=1S/C12H16BrNO3/c1-14(2,3)10(12(16)17)7-8-4-5-11(15)9(13)6-8/h4-6,10H,7H2,1-3H3,(H-,15,16,17)/t10-/m0/s1. The van der Waals surface area contributed by atoms with E-state index in [9.17, 15) is 15.0 Å². The van der Waals surface area contributed by atoms with Crippen LogP contribution < -0.4 is 5.11 Å². The average Bonchev–Trinajstić information content (AvgIpc) is 2.17. The van der Waals surface area contributed by atoms with Gasteiger partial charge in [0.1, 0.15) is 11.8 Å². The fraction of sp³-hybridized carbons (Fsp3) is 0.417. The second-order valence-corrected chi connectivity index (χ2v) is 5.80. The number of carbonyl (C=O) groups is 1. The fourth-order valence-corrected chi connectivity index (χ4v) is 2.00. The Morgan fingerprint density at radius 3 is 2.47 bits per heavy atom. The van der Waals surface area contributed by atoms with Crippen LogP contribution in [-0.4, -0.2) is 42.7 Å². The van der Waals surface area contributed by atoms with E-state index in [1.54, 1.807) is 18.2 Å². The molecule has 0 unspecified atom stereocenters. The number of halogens is 1. The van der Waals surface area contributed by atoms with E-state index in [2.05, 4.69) is 15.9 Å². The fourth-order valence-electron chi connectivity index (χ4n) is 1.57. The molecule has 1 rings (SSSR count). The van der Waals surface area contributed by atoms with Crippen molar-refractivity contribution in [3.05, 3.63) is 28.2 Å². The van der Waals surface area contributed by atoms with E-state index in [0.29, 0.717) is 15.4 Å². The maximum absolute atomic E-state index is 11.1. The van der Waals surface area contributed by atoms with E-state index < -0.39 is 12.0 Å². The van der Waals surface area contributed by atoms with E-state index in [0.717, 1.165) is 5.56 Å². The highest BCUT2D eigenvalue weighted by Gasteiger charge is 2.25. The van der Waals surface area contributed by atoms with Gasteiger partial charge in [0.25, 0.3) is 0 Å². The van der Waals surface area contributed by atoms with Gasteiger partial charge in [-0.3, -0.25) is 0 Å². The molecule has 0 aliphatic heterocycles. The molecule has 0 aliphatic carbocycles. The van der Waals surface area contributed by atoms with Gasteiger partial charge >= 0.3 is 0 Å². The first kappa shape index (κ1) is 14.0. The number of phenols is 1. The molecule has 0 amide bonds. The molecule has 0 spiro atoms. The van der Waals surface area contributed by atoms with Crippen LogP contribution >= 0.6 is 15.9 Å². The molecule has 1 atom stereocenters. The van der Waals surface area contributed by atoms with Crippen LogP contribution in [0.4, 0.5) is 0 Å². The molecule has 0 saturated heterocycles. The van der Waals surface area contributed by atoms with Crippen molar-refractivity contribution in [2.24, 2.45) is 0 Å². The number of hydrogen-bond acceptors (Lipinski definition) is 3. The van der Waals surface area contributed by atoms with Crippen LogP contribution in [0, 0.1) is 0 Å². The summed E-state index contributed by atoms with van der Waals surface area (Å²) >= 11 is 3.21. The van der Waals surface area contributed by atoms with Crippen molar-refractivity contribution in [2.75, 3.05) is 21.1 Å². The number of benzene rings is 1. The summed E-state index contributed by atoms with van der Waals surface area (Å²) in [7, 11) is 5.45. The van der Waals surface area contributed by atoms with Gasteiger partial charge in [0, 0.05) is 6.42 Å². The highest BCUT2D eigenvalue weighted by atomic mass is 79.9. The minimum absolute atomic E-state index is 0.143. The summed E-state index contributed by atoms with van der Waals surface area (Å²) in [4.78, 5) is 11.1. The molecule has 0 aromatic heterocycles. The number of carboxylic acids is 1. The van der Waals surface area contributed by atoms with E-state index in [-0.39, 0.29) is 5.75 Å². The Kier molecular flexibility index (Phi) is 4.16. The molecule has 94 valence electrons. The third kappa shape index (κ3) is 3.71. The molecule has 0 bridgehead atoms. The average molecular weight is 302 g/mol.